The van der Waals surface area contributed by atoms with Gasteiger partial charge in [0.05, 0.1) is 7.11 Å². The van der Waals surface area contributed by atoms with E-state index in [1.165, 1.54) is 12.1 Å². The first-order valence-corrected chi connectivity index (χ1v) is 8.47. The van der Waals surface area contributed by atoms with E-state index >= 15 is 0 Å². The van der Waals surface area contributed by atoms with Crippen LogP contribution in [-0.4, -0.2) is 32.0 Å². The molecule has 0 radical (unpaired) electrons. The number of carbonyl (C=O) groups is 2. The van der Waals surface area contributed by atoms with Gasteiger partial charge in [0.15, 0.2) is 0 Å². The highest BCUT2D eigenvalue weighted by atomic mass is 19.1. The van der Waals surface area contributed by atoms with Gasteiger partial charge < -0.3 is 15.4 Å². The number of amides is 2. The molecule has 6 heteroatoms. The number of rotatable bonds is 9. The molecule has 2 rings (SSSR count). The molecule has 0 bridgehead atoms. The number of ether oxygens (including phenoxy) is 1. The number of hydrogen-bond acceptors (Lipinski definition) is 3. The van der Waals surface area contributed by atoms with Crippen molar-refractivity contribution in [1.29, 1.82) is 0 Å². The van der Waals surface area contributed by atoms with Gasteiger partial charge in [-0.3, -0.25) is 9.59 Å². The summed E-state index contributed by atoms with van der Waals surface area (Å²) in [5.74, 6) is -0.157. The summed E-state index contributed by atoms with van der Waals surface area (Å²) < 4.78 is 18.0. The van der Waals surface area contributed by atoms with E-state index in [0.29, 0.717) is 25.9 Å². The van der Waals surface area contributed by atoms with Crippen LogP contribution in [0.3, 0.4) is 0 Å². The molecule has 0 unspecified atom stereocenters. The molecule has 0 fully saturated rings. The van der Waals surface area contributed by atoms with Gasteiger partial charge in [0, 0.05) is 13.1 Å². The minimum absolute atomic E-state index is 0.207. The highest BCUT2D eigenvalue weighted by Crippen LogP contribution is 2.12. The van der Waals surface area contributed by atoms with Crippen LogP contribution in [0, 0.1) is 5.82 Å². The Morgan fingerprint density at radius 3 is 2.15 bits per heavy atom. The molecule has 0 heterocycles. The molecule has 0 saturated carbocycles. The summed E-state index contributed by atoms with van der Waals surface area (Å²) in [6, 6.07) is 13.7. The summed E-state index contributed by atoms with van der Waals surface area (Å²) in [5, 5.41) is 5.42. The molecule has 0 saturated heterocycles. The third-order valence-electron chi connectivity index (χ3n) is 3.84. The lowest BCUT2D eigenvalue weighted by Gasteiger charge is -2.08. The van der Waals surface area contributed by atoms with Gasteiger partial charge >= 0.3 is 0 Å². The number of methoxy groups -OCH3 is 1. The molecule has 2 N–H and O–H groups in total. The summed E-state index contributed by atoms with van der Waals surface area (Å²) in [7, 11) is 1.61. The zero-order valence-electron chi connectivity index (χ0n) is 14.8. The van der Waals surface area contributed by atoms with Crippen LogP contribution in [0.15, 0.2) is 48.5 Å². The molecule has 0 aliphatic carbocycles. The van der Waals surface area contributed by atoms with Gasteiger partial charge in [0.2, 0.25) is 11.8 Å². The lowest BCUT2D eigenvalue weighted by molar-refractivity contribution is -0.129. The normalized spacial score (nSPS) is 10.2. The summed E-state index contributed by atoms with van der Waals surface area (Å²) in [4.78, 5) is 23.6. The van der Waals surface area contributed by atoms with Crippen LogP contribution >= 0.6 is 0 Å². The largest absolute Gasteiger partial charge is 0.497 e. The van der Waals surface area contributed by atoms with Crippen molar-refractivity contribution in [2.45, 2.75) is 19.3 Å². The van der Waals surface area contributed by atoms with Crippen LogP contribution < -0.4 is 15.4 Å². The molecule has 2 amide bonds. The predicted octanol–water partition coefficient (Wildman–Crippen LogP) is 2.24. The Bertz CT molecular complexity index is 732. The Labute approximate surface area is 152 Å². The van der Waals surface area contributed by atoms with E-state index in [-0.39, 0.29) is 24.1 Å². The molecule has 0 aromatic heterocycles. The van der Waals surface area contributed by atoms with Gasteiger partial charge in [-0.1, -0.05) is 24.3 Å². The van der Waals surface area contributed by atoms with E-state index in [0.717, 1.165) is 16.9 Å². The molecule has 138 valence electrons. The van der Waals surface area contributed by atoms with Gasteiger partial charge in [-0.25, -0.2) is 4.39 Å². The lowest BCUT2D eigenvalue weighted by atomic mass is 10.1. The van der Waals surface area contributed by atoms with Crippen molar-refractivity contribution in [3.63, 3.8) is 0 Å². The minimum atomic E-state index is -0.328. The summed E-state index contributed by atoms with van der Waals surface area (Å²) in [6.07, 6.45) is 1.04. The Hall–Kier alpha value is -2.89. The molecule has 5 nitrogen and oxygen atoms in total. The van der Waals surface area contributed by atoms with Gasteiger partial charge in [0.1, 0.15) is 18.0 Å². The average molecular weight is 358 g/mol. The van der Waals surface area contributed by atoms with Crippen LogP contribution in [0.2, 0.25) is 0 Å². The topological polar surface area (TPSA) is 67.4 Å². The zero-order valence-corrected chi connectivity index (χ0v) is 14.8. The number of benzene rings is 2. The third-order valence-corrected chi connectivity index (χ3v) is 3.84. The summed E-state index contributed by atoms with van der Waals surface area (Å²) in [5.41, 5.74) is 1.97. The molecule has 0 spiro atoms. The van der Waals surface area contributed by atoms with Crippen LogP contribution in [-0.2, 0) is 22.4 Å². The van der Waals surface area contributed by atoms with Crippen molar-refractivity contribution in [1.82, 2.24) is 10.6 Å². The fourth-order valence-electron chi connectivity index (χ4n) is 2.44. The smallest absolute Gasteiger partial charge is 0.229 e. The summed E-state index contributed by atoms with van der Waals surface area (Å²) >= 11 is 0. The second-order valence-corrected chi connectivity index (χ2v) is 5.85. The van der Waals surface area contributed by atoms with Crippen molar-refractivity contribution in [2.24, 2.45) is 0 Å². The van der Waals surface area contributed by atoms with Gasteiger partial charge in [-0.05, 0) is 48.2 Å². The highest BCUT2D eigenvalue weighted by molar-refractivity contribution is 5.96. The van der Waals surface area contributed by atoms with Gasteiger partial charge in [-0.2, -0.15) is 0 Å². The second kappa shape index (κ2) is 10.2. The lowest BCUT2D eigenvalue weighted by Crippen LogP contribution is -2.33. The predicted molar refractivity (Wildman–Crippen MR) is 97.4 cm³/mol. The minimum Gasteiger partial charge on any atom is -0.497 e. The Kier molecular flexibility index (Phi) is 7.61. The SMILES string of the molecule is COc1cccc(CCNC(=O)CC(=O)NCCc2ccc(F)cc2)c1. The van der Waals surface area contributed by atoms with Crippen LogP contribution in [0.1, 0.15) is 17.5 Å². The molecule has 0 aliphatic heterocycles. The van der Waals surface area contributed by atoms with Crippen molar-refractivity contribution < 1.29 is 18.7 Å². The van der Waals surface area contributed by atoms with E-state index in [9.17, 15) is 14.0 Å². The third kappa shape index (κ3) is 6.93. The number of halogens is 1. The molecule has 2 aromatic carbocycles. The van der Waals surface area contributed by atoms with E-state index in [2.05, 4.69) is 10.6 Å². The molecule has 0 atom stereocenters. The molecule has 26 heavy (non-hydrogen) atoms. The van der Waals surface area contributed by atoms with Crippen LogP contribution in [0.5, 0.6) is 5.75 Å². The number of nitrogens with one attached hydrogen (secondary N) is 2. The molecule has 0 aliphatic rings. The Morgan fingerprint density at radius 2 is 1.54 bits per heavy atom. The molecule has 2 aromatic rings. The first kappa shape index (κ1) is 19.4. The van der Waals surface area contributed by atoms with Crippen molar-refractivity contribution in [3.05, 3.63) is 65.5 Å². The van der Waals surface area contributed by atoms with Crippen LogP contribution in [0.25, 0.3) is 0 Å². The fourth-order valence-corrected chi connectivity index (χ4v) is 2.44. The number of carbonyl (C=O) groups excluding carboxylic acids is 2. The quantitative estimate of drug-likeness (QED) is 0.676. The zero-order chi connectivity index (χ0) is 18.8. The van der Waals surface area contributed by atoms with E-state index in [4.69, 9.17) is 4.74 Å². The van der Waals surface area contributed by atoms with Crippen molar-refractivity contribution >= 4 is 11.8 Å². The molecular formula is C20H23FN2O3. The highest BCUT2D eigenvalue weighted by Gasteiger charge is 2.08. The van der Waals surface area contributed by atoms with Crippen LogP contribution in [0.4, 0.5) is 4.39 Å². The standard InChI is InChI=1S/C20H23FN2O3/c1-26-18-4-2-3-16(13-18)10-12-23-20(25)14-19(24)22-11-9-15-5-7-17(21)8-6-15/h2-8,13H,9-12,14H2,1H3,(H,22,24)(H,23,25). The fraction of sp³-hybridized carbons (Fsp3) is 0.300. The maximum absolute atomic E-state index is 12.8. The molecular weight excluding hydrogens is 335 g/mol. The summed E-state index contributed by atoms with van der Waals surface area (Å²) in [6.45, 7) is 0.858. The second-order valence-electron chi connectivity index (χ2n) is 5.85. The van der Waals surface area contributed by atoms with E-state index in [1.807, 2.05) is 24.3 Å². The van der Waals surface area contributed by atoms with Gasteiger partial charge in [-0.15, -0.1) is 0 Å². The van der Waals surface area contributed by atoms with Gasteiger partial charge in [0.25, 0.3) is 0 Å². The first-order valence-electron chi connectivity index (χ1n) is 8.47. The Balaban J connectivity index is 1.62. The average Bonchev–Trinajstić information content (AvgIpc) is 2.63. The maximum Gasteiger partial charge on any atom is 0.229 e. The Morgan fingerprint density at radius 1 is 0.923 bits per heavy atom. The van der Waals surface area contributed by atoms with E-state index in [1.54, 1.807) is 19.2 Å². The maximum atomic E-state index is 12.8. The monoisotopic (exact) mass is 358 g/mol. The number of hydrogen-bond donors (Lipinski definition) is 2. The van der Waals surface area contributed by atoms with Crippen molar-refractivity contribution in [2.75, 3.05) is 20.2 Å². The van der Waals surface area contributed by atoms with E-state index < -0.39 is 0 Å². The van der Waals surface area contributed by atoms with Crippen molar-refractivity contribution in [3.8, 4) is 5.75 Å². The first-order chi connectivity index (χ1) is 12.6.